The van der Waals surface area contributed by atoms with E-state index in [0.717, 1.165) is 11.3 Å². The summed E-state index contributed by atoms with van der Waals surface area (Å²) in [6.07, 6.45) is 0.260. The van der Waals surface area contributed by atoms with Crippen molar-refractivity contribution in [3.63, 3.8) is 0 Å². The van der Waals surface area contributed by atoms with Crippen LogP contribution in [0.5, 0.6) is 5.75 Å². The average Bonchev–Trinajstić information content (AvgIpc) is 2.25. The van der Waals surface area contributed by atoms with Crippen LogP contribution < -0.4 is 4.74 Å². The van der Waals surface area contributed by atoms with Crippen LogP contribution in [0.2, 0.25) is 0 Å². The Balaban J connectivity index is 2.57. The van der Waals surface area contributed by atoms with Gasteiger partial charge in [-0.3, -0.25) is 4.79 Å². The molecule has 0 aliphatic rings. The maximum atomic E-state index is 11.6. The molecular weight excluding hydrogens is 252 g/mol. The predicted molar refractivity (Wildman–Crippen MR) is 81.1 cm³/mol. The number of rotatable bonds is 4. The van der Waals surface area contributed by atoms with Crippen molar-refractivity contribution in [2.75, 3.05) is 6.61 Å². The molecule has 3 nitrogen and oxygen atoms in total. The Kier molecular flexibility index (Phi) is 5.21. The highest BCUT2D eigenvalue weighted by Gasteiger charge is 2.19. The van der Waals surface area contributed by atoms with Crippen molar-refractivity contribution < 1.29 is 14.3 Å². The van der Waals surface area contributed by atoms with Gasteiger partial charge >= 0.3 is 5.97 Å². The van der Waals surface area contributed by atoms with Crippen LogP contribution in [0.25, 0.3) is 0 Å². The van der Waals surface area contributed by atoms with Gasteiger partial charge in [0, 0.05) is 0 Å². The lowest BCUT2D eigenvalue weighted by molar-refractivity contribution is -0.155. The molecule has 1 aromatic carbocycles. The Hall–Kier alpha value is -1.51. The lowest BCUT2D eigenvalue weighted by Crippen LogP contribution is -2.25. The van der Waals surface area contributed by atoms with Crippen LogP contribution in [0.4, 0.5) is 0 Å². The van der Waals surface area contributed by atoms with Crippen molar-refractivity contribution >= 4 is 5.97 Å². The highest BCUT2D eigenvalue weighted by molar-refractivity contribution is 5.70. The SMILES string of the molecule is CC(C)(C)OC(=O)CCOc1ccccc1C(C)(C)C. The van der Waals surface area contributed by atoms with Crippen LogP contribution in [0.1, 0.15) is 53.5 Å². The lowest BCUT2D eigenvalue weighted by atomic mass is 9.86. The van der Waals surface area contributed by atoms with Gasteiger partial charge in [-0.2, -0.15) is 0 Å². The van der Waals surface area contributed by atoms with Gasteiger partial charge in [-0.1, -0.05) is 39.0 Å². The molecule has 0 heterocycles. The number of ether oxygens (including phenoxy) is 2. The molecule has 0 saturated heterocycles. The number of hydrogen-bond donors (Lipinski definition) is 0. The molecule has 0 aliphatic heterocycles. The van der Waals surface area contributed by atoms with E-state index in [4.69, 9.17) is 9.47 Å². The summed E-state index contributed by atoms with van der Waals surface area (Å²) >= 11 is 0. The van der Waals surface area contributed by atoms with E-state index in [0.29, 0.717) is 6.61 Å². The summed E-state index contributed by atoms with van der Waals surface area (Å²) in [5.41, 5.74) is 0.715. The van der Waals surface area contributed by atoms with Gasteiger partial charge in [-0.15, -0.1) is 0 Å². The number of benzene rings is 1. The second-order valence-corrected chi connectivity index (χ2v) is 6.93. The molecule has 0 saturated carbocycles. The summed E-state index contributed by atoms with van der Waals surface area (Å²) in [6, 6.07) is 7.94. The Morgan fingerprint density at radius 1 is 1.05 bits per heavy atom. The normalized spacial score (nSPS) is 12.1. The van der Waals surface area contributed by atoms with E-state index in [1.165, 1.54) is 0 Å². The fourth-order valence-corrected chi connectivity index (χ4v) is 1.85. The standard InChI is InChI=1S/C17H26O3/c1-16(2,3)13-9-7-8-10-14(13)19-12-11-15(18)20-17(4,5)6/h7-10H,11-12H2,1-6H3. The van der Waals surface area contributed by atoms with E-state index in [1.807, 2.05) is 39.0 Å². The first-order valence-corrected chi connectivity index (χ1v) is 7.04. The molecule has 0 amide bonds. The molecule has 0 aliphatic carbocycles. The number of esters is 1. The van der Waals surface area contributed by atoms with Crippen molar-refractivity contribution in [2.45, 2.75) is 59.0 Å². The highest BCUT2D eigenvalue weighted by Crippen LogP contribution is 2.30. The first-order valence-electron chi connectivity index (χ1n) is 7.04. The number of carbonyl (C=O) groups is 1. The van der Waals surface area contributed by atoms with E-state index >= 15 is 0 Å². The van der Waals surface area contributed by atoms with Gasteiger partial charge in [0.15, 0.2) is 0 Å². The van der Waals surface area contributed by atoms with Crippen LogP contribution >= 0.6 is 0 Å². The fraction of sp³-hybridized carbons (Fsp3) is 0.588. The average molecular weight is 278 g/mol. The van der Waals surface area contributed by atoms with E-state index in [9.17, 15) is 4.79 Å². The molecule has 1 rings (SSSR count). The van der Waals surface area contributed by atoms with E-state index in [-0.39, 0.29) is 17.8 Å². The molecular formula is C17H26O3. The molecule has 0 atom stereocenters. The van der Waals surface area contributed by atoms with Gasteiger partial charge < -0.3 is 9.47 Å². The summed E-state index contributed by atoms with van der Waals surface area (Å²) in [4.78, 5) is 11.6. The lowest BCUT2D eigenvalue weighted by Gasteiger charge is -2.23. The Morgan fingerprint density at radius 3 is 2.20 bits per heavy atom. The summed E-state index contributed by atoms with van der Waals surface area (Å²) in [5.74, 6) is 0.606. The van der Waals surface area contributed by atoms with Crippen molar-refractivity contribution in [1.29, 1.82) is 0 Å². The zero-order valence-corrected chi connectivity index (χ0v) is 13.4. The Labute approximate surface area is 122 Å². The quantitative estimate of drug-likeness (QED) is 0.778. The third kappa shape index (κ3) is 5.64. The van der Waals surface area contributed by atoms with Gasteiger partial charge in [0.2, 0.25) is 0 Å². The van der Waals surface area contributed by atoms with Crippen molar-refractivity contribution in [1.82, 2.24) is 0 Å². The van der Waals surface area contributed by atoms with E-state index in [1.54, 1.807) is 0 Å². The van der Waals surface area contributed by atoms with Crippen molar-refractivity contribution in [2.24, 2.45) is 0 Å². The molecule has 0 radical (unpaired) electrons. The summed E-state index contributed by atoms with van der Waals surface area (Å²) in [6.45, 7) is 12.3. The minimum atomic E-state index is -0.444. The van der Waals surface area contributed by atoms with Crippen molar-refractivity contribution in [3.05, 3.63) is 29.8 Å². The van der Waals surface area contributed by atoms with Crippen LogP contribution in [-0.4, -0.2) is 18.2 Å². The van der Waals surface area contributed by atoms with E-state index in [2.05, 4.69) is 26.8 Å². The smallest absolute Gasteiger partial charge is 0.309 e. The van der Waals surface area contributed by atoms with Crippen molar-refractivity contribution in [3.8, 4) is 5.75 Å². The van der Waals surface area contributed by atoms with Gasteiger partial charge in [0.25, 0.3) is 0 Å². The first kappa shape index (κ1) is 16.5. The molecule has 0 fully saturated rings. The third-order valence-electron chi connectivity index (χ3n) is 2.68. The monoisotopic (exact) mass is 278 g/mol. The van der Waals surface area contributed by atoms with Gasteiger partial charge in [-0.25, -0.2) is 0 Å². The summed E-state index contributed by atoms with van der Waals surface area (Å²) in [5, 5.41) is 0. The largest absolute Gasteiger partial charge is 0.493 e. The minimum Gasteiger partial charge on any atom is -0.493 e. The second-order valence-electron chi connectivity index (χ2n) is 6.93. The molecule has 1 aromatic rings. The van der Waals surface area contributed by atoms with E-state index < -0.39 is 5.60 Å². The zero-order valence-electron chi connectivity index (χ0n) is 13.4. The predicted octanol–water partition coefficient (Wildman–Crippen LogP) is 4.09. The number of para-hydroxylation sites is 1. The van der Waals surface area contributed by atoms with Gasteiger partial charge in [0.1, 0.15) is 11.4 Å². The van der Waals surface area contributed by atoms with Gasteiger partial charge in [0.05, 0.1) is 13.0 Å². The molecule has 0 unspecified atom stereocenters. The zero-order chi connectivity index (χ0) is 15.4. The third-order valence-corrected chi connectivity index (χ3v) is 2.68. The maximum absolute atomic E-state index is 11.6. The van der Waals surface area contributed by atoms with Crippen LogP contribution in [0.15, 0.2) is 24.3 Å². The summed E-state index contributed by atoms with van der Waals surface area (Å²) in [7, 11) is 0. The topological polar surface area (TPSA) is 35.5 Å². The van der Waals surface area contributed by atoms with Crippen LogP contribution in [-0.2, 0) is 14.9 Å². The van der Waals surface area contributed by atoms with Crippen LogP contribution in [0.3, 0.4) is 0 Å². The Morgan fingerprint density at radius 2 is 1.65 bits per heavy atom. The molecule has 20 heavy (non-hydrogen) atoms. The maximum Gasteiger partial charge on any atom is 0.309 e. The molecule has 112 valence electrons. The summed E-state index contributed by atoms with van der Waals surface area (Å²) < 4.78 is 11.0. The Bertz CT molecular complexity index is 450. The second kappa shape index (κ2) is 6.29. The molecule has 0 N–H and O–H groups in total. The van der Waals surface area contributed by atoms with Gasteiger partial charge in [-0.05, 0) is 37.8 Å². The molecule has 3 heteroatoms. The number of carbonyl (C=O) groups excluding carboxylic acids is 1. The number of hydrogen-bond acceptors (Lipinski definition) is 3. The fourth-order valence-electron chi connectivity index (χ4n) is 1.85. The molecule has 0 bridgehead atoms. The molecule has 0 spiro atoms. The minimum absolute atomic E-state index is 0.0164. The first-order chi connectivity index (χ1) is 9.09. The highest BCUT2D eigenvalue weighted by atomic mass is 16.6. The van der Waals surface area contributed by atoms with Crippen LogP contribution in [0, 0.1) is 0 Å². The molecule has 0 aromatic heterocycles.